The lowest BCUT2D eigenvalue weighted by Crippen LogP contribution is -2.45. The molecule has 0 radical (unpaired) electrons. The summed E-state index contributed by atoms with van der Waals surface area (Å²) >= 11 is 0. The summed E-state index contributed by atoms with van der Waals surface area (Å²) in [7, 11) is 2.11. The summed E-state index contributed by atoms with van der Waals surface area (Å²) in [4.78, 5) is 45.0. The van der Waals surface area contributed by atoms with Gasteiger partial charge in [-0.05, 0) is 19.2 Å². The van der Waals surface area contributed by atoms with Gasteiger partial charge in [-0.25, -0.2) is 9.97 Å². The first-order valence-electron chi connectivity index (χ1n) is 11.6. The fourth-order valence-corrected chi connectivity index (χ4v) is 4.83. The first-order chi connectivity index (χ1) is 17.1. The standard InChI is InChI=1S/C27H24N6O2/c1-32-10-12-33(13-11-32)27-30-22-9-5-3-7-18(22)25(31-27)24-20(15-29-26(24)23(35)16-34)19-14-28-21-8-4-2-6-17(19)21/h2-9,14-16,28-29H,10-13H2,1H3. The number of aldehydes is 1. The lowest BCUT2D eigenvalue weighted by Gasteiger charge is -2.32. The van der Waals surface area contributed by atoms with E-state index in [2.05, 4.69) is 26.8 Å². The Labute approximate surface area is 201 Å². The number of likely N-dealkylation sites (N-methyl/N-ethyl adjacent to an activating group) is 1. The van der Waals surface area contributed by atoms with E-state index in [-0.39, 0.29) is 5.69 Å². The van der Waals surface area contributed by atoms with Crippen molar-refractivity contribution >= 4 is 39.8 Å². The van der Waals surface area contributed by atoms with E-state index in [1.54, 1.807) is 6.20 Å². The third-order valence-corrected chi connectivity index (χ3v) is 6.73. The summed E-state index contributed by atoms with van der Waals surface area (Å²) in [5, 5.41) is 1.85. The van der Waals surface area contributed by atoms with E-state index in [0.29, 0.717) is 23.5 Å². The van der Waals surface area contributed by atoms with Crippen LogP contribution in [0.4, 0.5) is 5.95 Å². The number of rotatable bonds is 5. The normalized spacial score (nSPS) is 14.6. The Morgan fingerprint density at radius 1 is 0.886 bits per heavy atom. The number of Topliss-reactive ketones (excluding diaryl/α,β-unsaturated/α-hetero) is 1. The van der Waals surface area contributed by atoms with Crippen LogP contribution in [-0.4, -0.2) is 70.1 Å². The van der Waals surface area contributed by atoms with Crippen LogP contribution >= 0.6 is 0 Å². The Balaban J connectivity index is 1.62. The highest BCUT2D eigenvalue weighted by Gasteiger charge is 2.26. The number of ketones is 1. The molecule has 2 aromatic carbocycles. The van der Waals surface area contributed by atoms with Crippen molar-refractivity contribution in [3.05, 3.63) is 66.6 Å². The van der Waals surface area contributed by atoms with Crippen LogP contribution in [0.25, 0.3) is 44.2 Å². The number of para-hydroxylation sites is 2. The fourth-order valence-electron chi connectivity index (χ4n) is 4.83. The molecule has 2 N–H and O–H groups in total. The Bertz CT molecular complexity index is 1580. The van der Waals surface area contributed by atoms with Gasteiger partial charge in [-0.3, -0.25) is 9.59 Å². The minimum atomic E-state index is -0.616. The highest BCUT2D eigenvalue weighted by atomic mass is 16.2. The third-order valence-electron chi connectivity index (χ3n) is 6.73. The quantitative estimate of drug-likeness (QED) is 0.233. The van der Waals surface area contributed by atoms with Gasteiger partial charge in [-0.1, -0.05) is 36.4 Å². The summed E-state index contributed by atoms with van der Waals surface area (Å²) in [5.41, 5.74) is 5.00. The number of H-pyrrole nitrogens is 2. The van der Waals surface area contributed by atoms with Crippen LogP contribution in [0.1, 0.15) is 10.5 Å². The zero-order chi connectivity index (χ0) is 23.9. The maximum Gasteiger partial charge on any atom is 0.242 e. The van der Waals surface area contributed by atoms with Crippen LogP contribution in [0.15, 0.2) is 60.9 Å². The zero-order valence-corrected chi connectivity index (χ0v) is 19.3. The molecule has 0 bridgehead atoms. The van der Waals surface area contributed by atoms with Crippen molar-refractivity contribution in [1.29, 1.82) is 0 Å². The number of nitrogens with one attached hydrogen (secondary N) is 2. The predicted octanol–water partition coefficient (Wildman–Crippen LogP) is 3.91. The molecule has 0 unspecified atom stereocenters. The number of piperazine rings is 1. The molecule has 3 aromatic heterocycles. The molecular formula is C27H24N6O2. The molecule has 1 aliphatic heterocycles. The van der Waals surface area contributed by atoms with Gasteiger partial charge >= 0.3 is 0 Å². The van der Waals surface area contributed by atoms with Crippen LogP contribution in [-0.2, 0) is 4.79 Å². The average Bonchev–Trinajstić information content (AvgIpc) is 3.52. The summed E-state index contributed by atoms with van der Waals surface area (Å²) in [6.45, 7) is 3.48. The first kappa shape index (κ1) is 21.2. The molecule has 0 amide bonds. The molecule has 35 heavy (non-hydrogen) atoms. The van der Waals surface area contributed by atoms with Gasteiger partial charge in [0, 0.05) is 71.6 Å². The highest BCUT2D eigenvalue weighted by Crippen LogP contribution is 2.40. The Hall–Kier alpha value is -4.30. The second kappa shape index (κ2) is 8.48. The SMILES string of the molecule is CN1CCN(c2nc(-c3c(-c4c[nH]c5ccccc45)c[nH]c3C(=O)C=O)c3ccccc3n2)CC1. The molecule has 1 fully saturated rings. The molecule has 8 heteroatoms. The molecule has 8 nitrogen and oxygen atoms in total. The number of carbonyl (C=O) groups is 2. The van der Waals surface area contributed by atoms with Crippen LogP contribution in [0, 0.1) is 0 Å². The lowest BCUT2D eigenvalue weighted by atomic mass is 9.96. The van der Waals surface area contributed by atoms with Gasteiger partial charge in [-0.15, -0.1) is 0 Å². The molecular weight excluding hydrogens is 440 g/mol. The van der Waals surface area contributed by atoms with Gasteiger partial charge in [0.1, 0.15) is 0 Å². The Morgan fingerprint density at radius 2 is 1.60 bits per heavy atom. The number of carbonyl (C=O) groups excluding carboxylic acids is 2. The number of hydrogen-bond acceptors (Lipinski definition) is 6. The molecule has 6 rings (SSSR count). The van der Waals surface area contributed by atoms with Crippen molar-refractivity contribution in [3.63, 3.8) is 0 Å². The summed E-state index contributed by atoms with van der Waals surface area (Å²) in [6.07, 6.45) is 4.06. The van der Waals surface area contributed by atoms with E-state index in [9.17, 15) is 9.59 Å². The number of anilines is 1. The number of nitrogens with zero attached hydrogens (tertiary/aromatic N) is 4. The minimum Gasteiger partial charge on any atom is -0.361 e. The van der Waals surface area contributed by atoms with E-state index < -0.39 is 5.78 Å². The summed E-state index contributed by atoms with van der Waals surface area (Å²) in [6, 6.07) is 15.8. The number of benzene rings is 2. The summed E-state index contributed by atoms with van der Waals surface area (Å²) in [5.74, 6) is 0.0114. The number of fused-ring (bicyclic) bond motifs is 2. The monoisotopic (exact) mass is 464 g/mol. The topological polar surface area (TPSA) is 98.0 Å². The second-order valence-corrected chi connectivity index (χ2v) is 8.86. The molecule has 0 spiro atoms. The first-order valence-corrected chi connectivity index (χ1v) is 11.6. The van der Waals surface area contributed by atoms with Crippen molar-refractivity contribution in [2.45, 2.75) is 0 Å². The van der Waals surface area contributed by atoms with Gasteiger partial charge in [0.25, 0.3) is 0 Å². The predicted molar refractivity (Wildman–Crippen MR) is 137 cm³/mol. The van der Waals surface area contributed by atoms with Gasteiger partial charge in [-0.2, -0.15) is 0 Å². The number of hydrogen-bond donors (Lipinski definition) is 2. The van der Waals surface area contributed by atoms with Gasteiger partial charge in [0.2, 0.25) is 11.7 Å². The van der Waals surface area contributed by atoms with E-state index in [4.69, 9.17) is 9.97 Å². The third kappa shape index (κ3) is 3.59. The van der Waals surface area contributed by atoms with Crippen molar-refractivity contribution in [2.75, 3.05) is 38.1 Å². The van der Waals surface area contributed by atoms with Crippen LogP contribution in [0.3, 0.4) is 0 Å². The Kier molecular flexibility index (Phi) is 5.15. The molecule has 0 atom stereocenters. The maximum atomic E-state index is 12.7. The molecule has 1 saturated heterocycles. The zero-order valence-electron chi connectivity index (χ0n) is 19.3. The largest absolute Gasteiger partial charge is 0.361 e. The number of aromatic nitrogens is 4. The molecule has 174 valence electrons. The summed E-state index contributed by atoms with van der Waals surface area (Å²) < 4.78 is 0. The number of aromatic amines is 2. The van der Waals surface area contributed by atoms with Crippen molar-refractivity contribution in [3.8, 4) is 22.4 Å². The van der Waals surface area contributed by atoms with E-state index >= 15 is 0 Å². The van der Waals surface area contributed by atoms with Gasteiger partial charge in [0.05, 0.1) is 16.9 Å². The molecule has 5 aromatic rings. The Morgan fingerprint density at radius 3 is 2.40 bits per heavy atom. The van der Waals surface area contributed by atoms with Crippen molar-refractivity contribution in [2.24, 2.45) is 0 Å². The molecule has 0 saturated carbocycles. The smallest absolute Gasteiger partial charge is 0.242 e. The van der Waals surface area contributed by atoms with E-state index in [0.717, 1.165) is 59.1 Å². The van der Waals surface area contributed by atoms with E-state index in [1.807, 2.05) is 54.7 Å². The minimum absolute atomic E-state index is 0.230. The second-order valence-electron chi connectivity index (χ2n) is 8.86. The van der Waals surface area contributed by atoms with E-state index in [1.165, 1.54) is 0 Å². The van der Waals surface area contributed by atoms with Crippen LogP contribution < -0.4 is 4.90 Å². The highest BCUT2D eigenvalue weighted by molar-refractivity contribution is 6.35. The van der Waals surface area contributed by atoms with Gasteiger partial charge < -0.3 is 19.8 Å². The molecule has 0 aliphatic carbocycles. The average molecular weight is 465 g/mol. The molecule has 1 aliphatic rings. The maximum absolute atomic E-state index is 12.7. The van der Waals surface area contributed by atoms with Gasteiger partial charge in [0.15, 0.2) is 6.29 Å². The fraction of sp³-hybridized carbons (Fsp3) is 0.185. The lowest BCUT2D eigenvalue weighted by molar-refractivity contribution is -0.104. The molecule has 4 heterocycles. The van der Waals surface area contributed by atoms with Crippen molar-refractivity contribution < 1.29 is 9.59 Å². The van der Waals surface area contributed by atoms with Crippen LogP contribution in [0.5, 0.6) is 0 Å². The van der Waals surface area contributed by atoms with Crippen molar-refractivity contribution in [1.82, 2.24) is 24.8 Å². The van der Waals surface area contributed by atoms with Crippen LogP contribution in [0.2, 0.25) is 0 Å².